The Hall–Kier alpha value is -1.89. The third-order valence-corrected chi connectivity index (χ3v) is 10.0. The summed E-state index contributed by atoms with van der Waals surface area (Å²) in [4.78, 5) is 12.9. The average molecular weight is 766 g/mol. The third kappa shape index (κ3) is 24.6. The summed E-state index contributed by atoms with van der Waals surface area (Å²) in [6.07, 6.45) is 31.2. The van der Waals surface area contributed by atoms with Gasteiger partial charge in [0.05, 0.1) is 25.4 Å². The highest BCUT2D eigenvalue weighted by Crippen LogP contribution is 2.23. The van der Waals surface area contributed by atoms with Crippen LogP contribution >= 0.6 is 0 Å². The summed E-state index contributed by atoms with van der Waals surface area (Å²) in [6.45, 7) is 3.51. The van der Waals surface area contributed by atoms with Gasteiger partial charge >= 0.3 is 0 Å². The predicted octanol–water partition coefficient (Wildman–Crippen LogP) is 7.25. The minimum Gasteiger partial charge on any atom is -0.394 e. The number of aliphatic hydroxyl groups is 6. The van der Waals surface area contributed by atoms with Crippen LogP contribution in [0.25, 0.3) is 0 Å². The molecule has 10 nitrogen and oxygen atoms in total. The lowest BCUT2D eigenvalue weighted by Crippen LogP contribution is -2.60. The largest absolute Gasteiger partial charge is 0.394 e. The zero-order valence-corrected chi connectivity index (χ0v) is 33.8. The molecule has 7 N–H and O–H groups in total. The molecule has 8 atom stereocenters. The number of carbonyl (C=O) groups excluding carboxylic acids is 1. The lowest BCUT2D eigenvalue weighted by atomic mass is 9.98. The molecule has 1 heterocycles. The van der Waals surface area contributed by atoms with Gasteiger partial charge in [-0.25, -0.2) is 0 Å². The van der Waals surface area contributed by atoms with E-state index < -0.39 is 55.6 Å². The molecule has 0 aromatic heterocycles. The molecule has 1 fully saturated rings. The van der Waals surface area contributed by atoms with E-state index in [0.717, 1.165) is 51.4 Å². The van der Waals surface area contributed by atoms with Crippen LogP contribution < -0.4 is 5.32 Å². The van der Waals surface area contributed by atoms with E-state index in [9.17, 15) is 35.4 Å². The van der Waals surface area contributed by atoms with Gasteiger partial charge in [-0.05, 0) is 51.4 Å². The van der Waals surface area contributed by atoms with Crippen molar-refractivity contribution in [3.8, 4) is 0 Å². The number of unbranched alkanes of at least 4 members (excludes halogenated alkanes) is 15. The molecule has 4 unspecified atom stereocenters. The Morgan fingerprint density at radius 2 is 1.13 bits per heavy atom. The summed E-state index contributed by atoms with van der Waals surface area (Å²) in [5.74, 6) is -0.315. The van der Waals surface area contributed by atoms with E-state index in [0.29, 0.717) is 19.3 Å². The van der Waals surface area contributed by atoms with Gasteiger partial charge < -0.3 is 45.4 Å². The molecule has 314 valence electrons. The molecule has 54 heavy (non-hydrogen) atoms. The Bertz CT molecular complexity index is 1000. The van der Waals surface area contributed by atoms with Crippen LogP contribution in [0.5, 0.6) is 0 Å². The van der Waals surface area contributed by atoms with Crippen LogP contribution in [-0.2, 0) is 14.3 Å². The van der Waals surface area contributed by atoms with E-state index in [2.05, 4.69) is 61.7 Å². The van der Waals surface area contributed by atoms with Gasteiger partial charge in [-0.2, -0.15) is 0 Å². The Labute approximate surface area is 327 Å². The average Bonchev–Trinajstić information content (AvgIpc) is 3.17. The van der Waals surface area contributed by atoms with Gasteiger partial charge in [-0.1, -0.05) is 152 Å². The first kappa shape index (κ1) is 50.1. The molecular weight excluding hydrogens is 686 g/mol. The van der Waals surface area contributed by atoms with E-state index in [1.807, 2.05) is 6.08 Å². The van der Waals surface area contributed by atoms with E-state index >= 15 is 0 Å². The number of hydrogen-bond acceptors (Lipinski definition) is 9. The third-order valence-electron chi connectivity index (χ3n) is 10.0. The zero-order valence-electron chi connectivity index (χ0n) is 33.8. The second-order valence-electron chi connectivity index (χ2n) is 14.9. The molecule has 1 rings (SSSR count). The molecule has 0 saturated carbocycles. The number of ether oxygens (including phenoxy) is 2. The van der Waals surface area contributed by atoms with E-state index in [4.69, 9.17) is 9.47 Å². The molecule has 0 radical (unpaired) electrons. The van der Waals surface area contributed by atoms with E-state index in [-0.39, 0.29) is 18.9 Å². The highest BCUT2D eigenvalue weighted by molar-refractivity contribution is 5.76. The van der Waals surface area contributed by atoms with Crippen molar-refractivity contribution in [3.05, 3.63) is 48.6 Å². The molecule has 0 spiro atoms. The van der Waals surface area contributed by atoms with Gasteiger partial charge in [0, 0.05) is 6.42 Å². The van der Waals surface area contributed by atoms with Crippen LogP contribution in [-0.4, -0.2) is 98.7 Å². The Morgan fingerprint density at radius 1 is 0.648 bits per heavy atom. The summed E-state index contributed by atoms with van der Waals surface area (Å²) in [5, 5.41) is 64.9. The fraction of sp³-hybridized carbons (Fsp3) is 0.795. The van der Waals surface area contributed by atoms with Gasteiger partial charge in [-0.15, -0.1) is 0 Å². The van der Waals surface area contributed by atoms with Gasteiger partial charge in [0.2, 0.25) is 5.91 Å². The lowest BCUT2D eigenvalue weighted by molar-refractivity contribution is -0.303. The maximum absolute atomic E-state index is 12.9. The number of nitrogens with one attached hydrogen (secondary N) is 1. The van der Waals surface area contributed by atoms with Crippen LogP contribution in [0, 0.1) is 0 Å². The van der Waals surface area contributed by atoms with Gasteiger partial charge in [0.25, 0.3) is 0 Å². The van der Waals surface area contributed by atoms with Gasteiger partial charge in [0.1, 0.15) is 30.5 Å². The van der Waals surface area contributed by atoms with E-state index in [1.54, 1.807) is 0 Å². The van der Waals surface area contributed by atoms with Crippen LogP contribution in [0.1, 0.15) is 162 Å². The lowest BCUT2D eigenvalue weighted by Gasteiger charge is -2.40. The second kappa shape index (κ2) is 34.4. The van der Waals surface area contributed by atoms with Crippen molar-refractivity contribution in [2.24, 2.45) is 0 Å². The molecule has 1 amide bonds. The molecular formula is C44H79NO9. The molecule has 0 aromatic carbocycles. The Balaban J connectivity index is 2.50. The summed E-state index contributed by atoms with van der Waals surface area (Å²) in [5.41, 5.74) is 0. The summed E-state index contributed by atoms with van der Waals surface area (Å²) >= 11 is 0. The van der Waals surface area contributed by atoms with Crippen LogP contribution in [0.2, 0.25) is 0 Å². The normalized spacial score (nSPS) is 22.6. The molecule has 0 bridgehead atoms. The minimum atomic E-state index is -1.62. The summed E-state index contributed by atoms with van der Waals surface area (Å²) in [6, 6.07) is -1.02. The monoisotopic (exact) mass is 766 g/mol. The number of hydrogen-bond donors (Lipinski definition) is 7. The highest BCUT2D eigenvalue weighted by Gasteiger charge is 2.44. The summed E-state index contributed by atoms with van der Waals surface area (Å²) in [7, 11) is 0. The Kier molecular flexibility index (Phi) is 31.9. The van der Waals surface area contributed by atoms with E-state index in [1.165, 1.54) is 70.6 Å². The van der Waals surface area contributed by atoms with Crippen LogP contribution in [0.4, 0.5) is 0 Å². The second-order valence-corrected chi connectivity index (χ2v) is 14.9. The summed E-state index contributed by atoms with van der Waals surface area (Å²) < 4.78 is 11.1. The number of amides is 1. The van der Waals surface area contributed by atoms with Gasteiger partial charge in [-0.3, -0.25) is 4.79 Å². The van der Waals surface area contributed by atoms with Crippen molar-refractivity contribution in [3.63, 3.8) is 0 Å². The molecule has 1 saturated heterocycles. The molecule has 1 aliphatic heterocycles. The molecule has 10 heteroatoms. The zero-order chi connectivity index (χ0) is 39.7. The number of rotatable bonds is 34. The quantitative estimate of drug-likeness (QED) is 0.0264. The van der Waals surface area contributed by atoms with Crippen molar-refractivity contribution >= 4 is 5.91 Å². The molecule has 0 aromatic rings. The number of carbonyl (C=O) groups is 1. The molecule has 1 aliphatic rings. The minimum absolute atomic E-state index is 0.204. The maximum atomic E-state index is 12.9. The van der Waals surface area contributed by atoms with Crippen LogP contribution in [0.3, 0.4) is 0 Å². The first-order valence-corrected chi connectivity index (χ1v) is 21.4. The predicted molar refractivity (Wildman–Crippen MR) is 218 cm³/mol. The Morgan fingerprint density at radius 3 is 1.67 bits per heavy atom. The molecule has 0 aliphatic carbocycles. The number of allylic oxidation sites excluding steroid dienone is 8. The topological polar surface area (TPSA) is 169 Å². The fourth-order valence-corrected chi connectivity index (χ4v) is 6.48. The first-order chi connectivity index (χ1) is 26.3. The first-order valence-electron chi connectivity index (χ1n) is 21.4. The van der Waals surface area contributed by atoms with Crippen molar-refractivity contribution in [1.29, 1.82) is 0 Å². The van der Waals surface area contributed by atoms with Gasteiger partial charge in [0.15, 0.2) is 6.29 Å². The SMILES string of the molecule is CCCCC/C=C\C/C=C\C/C=C\C/C=C\CCCC(=O)N[C@@H](COC1OC(CO)C(O)C(O)[C@@H]1O)[C@H](O)[C@H](O)CCCCCCCCCCCCCC. The fourth-order valence-electron chi connectivity index (χ4n) is 6.48. The standard InChI is InChI=1S/C44H79NO9/c1-3-5-7-9-11-13-15-17-18-19-20-21-23-25-27-29-31-33-39(48)45-36(35-53-44-43(52)42(51)41(50)38(34-46)54-44)40(49)37(47)32-30-28-26-24-22-16-14-12-10-8-6-4-2/h11,13,17-18,20-21,25,27,36-38,40-44,46-47,49-52H,3-10,12,14-16,19,22-24,26,28-35H2,1-2H3,(H,45,48)/b13-11-,18-17-,21-20-,27-25-/t36-,37+,38?,40-,41?,42?,43-,44?/m0/s1. The smallest absolute Gasteiger partial charge is 0.220 e. The van der Waals surface area contributed by atoms with Crippen molar-refractivity contribution < 1.29 is 44.9 Å². The maximum Gasteiger partial charge on any atom is 0.220 e. The van der Waals surface area contributed by atoms with Crippen molar-refractivity contribution in [1.82, 2.24) is 5.32 Å². The van der Waals surface area contributed by atoms with Crippen molar-refractivity contribution in [2.75, 3.05) is 13.2 Å². The van der Waals surface area contributed by atoms with Crippen molar-refractivity contribution in [2.45, 2.75) is 210 Å². The highest BCUT2D eigenvalue weighted by atomic mass is 16.7. The van der Waals surface area contributed by atoms with Crippen LogP contribution in [0.15, 0.2) is 48.6 Å². The number of aliphatic hydroxyl groups excluding tert-OH is 6.